The molecule has 0 amide bonds. The molecule has 1 aromatic heterocycles. The third kappa shape index (κ3) is 2.40. The van der Waals surface area contributed by atoms with E-state index in [9.17, 15) is 4.79 Å². The molecule has 1 aliphatic rings. The monoisotopic (exact) mass is 251 g/mol. The van der Waals surface area contributed by atoms with Crippen molar-refractivity contribution in [3.8, 4) is 0 Å². The molecule has 0 atom stereocenters. The Kier molecular flexibility index (Phi) is 3.68. The standard InChI is InChI=1S/C13H21N3O2/c1-4-18-12(17)13(2,3)11-14-10(15-16-11)9-7-5-6-8-9/h9H,4-8H2,1-3H3,(H,14,15,16). The van der Waals surface area contributed by atoms with E-state index in [0.717, 1.165) is 18.7 Å². The van der Waals surface area contributed by atoms with Crippen LogP contribution in [0.5, 0.6) is 0 Å². The molecule has 5 nitrogen and oxygen atoms in total. The van der Waals surface area contributed by atoms with E-state index < -0.39 is 5.41 Å². The molecule has 0 saturated heterocycles. The van der Waals surface area contributed by atoms with Crippen molar-refractivity contribution in [3.05, 3.63) is 11.6 Å². The second-order valence-corrected chi connectivity index (χ2v) is 5.37. The molecule has 0 radical (unpaired) electrons. The maximum Gasteiger partial charge on any atom is 0.319 e. The molecule has 0 unspecified atom stereocenters. The van der Waals surface area contributed by atoms with Crippen molar-refractivity contribution < 1.29 is 9.53 Å². The van der Waals surface area contributed by atoms with Gasteiger partial charge < -0.3 is 4.74 Å². The van der Waals surface area contributed by atoms with E-state index >= 15 is 0 Å². The van der Waals surface area contributed by atoms with Crippen LogP contribution in [-0.4, -0.2) is 27.8 Å². The van der Waals surface area contributed by atoms with Gasteiger partial charge in [0.25, 0.3) is 0 Å². The number of nitrogens with zero attached hydrogens (tertiary/aromatic N) is 2. The minimum absolute atomic E-state index is 0.276. The molecular formula is C13H21N3O2. The maximum absolute atomic E-state index is 11.9. The van der Waals surface area contributed by atoms with Crippen LogP contribution in [0.1, 0.15) is 64.0 Å². The topological polar surface area (TPSA) is 67.9 Å². The molecule has 1 saturated carbocycles. The summed E-state index contributed by atoms with van der Waals surface area (Å²) in [7, 11) is 0. The number of carbonyl (C=O) groups excluding carboxylic acids is 1. The van der Waals surface area contributed by atoms with Gasteiger partial charge in [-0.2, -0.15) is 5.10 Å². The van der Waals surface area contributed by atoms with Crippen molar-refractivity contribution in [1.82, 2.24) is 15.2 Å². The molecule has 1 fully saturated rings. The van der Waals surface area contributed by atoms with Crippen LogP contribution in [-0.2, 0) is 14.9 Å². The molecule has 0 spiro atoms. The smallest absolute Gasteiger partial charge is 0.319 e. The van der Waals surface area contributed by atoms with Crippen molar-refractivity contribution in [2.75, 3.05) is 6.61 Å². The van der Waals surface area contributed by atoms with Crippen LogP contribution in [0.25, 0.3) is 0 Å². The van der Waals surface area contributed by atoms with Crippen molar-refractivity contribution in [3.63, 3.8) is 0 Å². The maximum atomic E-state index is 11.9. The first-order chi connectivity index (χ1) is 8.55. The number of hydrogen-bond donors (Lipinski definition) is 1. The highest BCUT2D eigenvalue weighted by atomic mass is 16.5. The van der Waals surface area contributed by atoms with Gasteiger partial charge in [0, 0.05) is 5.92 Å². The fourth-order valence-electron chi connectivity index (χ4n) is 2.34. The van der Waals surface area contributed by atoms with Gasteiger partial charge in [-0.15, -0.1) is 0 Å². The van der Waals surface area contributed by atoms with Gasteiger partial charge in [0.1, 0.15) is 11.2 Å². The average Bonchev–Trinajstić information content (AvgIpc) is 3.00. The second-order valence-electron chi connectivity index (χ2n) is 5.37. The minimum Gasteiger partial charge on any atom is -0.465 e. The summed E-state index contributed by atoms with van der Waals surface area (Å²) in [5.41, 5.74) is -0.788. The van der Waals surface area contributed by atoms with Crippen molar-refractivity contribution in [2.24, 2.45) is 0 Å². The summed E-state index contributed by atoms with van der Waals surface area (Å²) in [6.45, 7) is 5.78. The van der Waals surface area contributed by atoms with E-state index in [1.54, 1.807) is 20.8 Å². The summed E-state index contributed by atoms with van der Waals surface area (Å²) in [5.74, 6) is 1.65. The quantitative estimate of drug-likeness (QED) is 0.834. The highest BCUT2D eigenvalue weighted by Crippen LogP contribution is 2.33. The first-order valence-electron chi connectivity index (χ1n) is 6.65. The number of hydrogen-bond acceptors (Lipinski definition) is 4. The van der Waals surface area contributed by atoms with E-state index in [1.807, 2.05) is 0 Å². The number of nitrogens with one attached hydrogen (secondary N) is 1. The predicted octanol–water partition coefficient (Wildman–Crippen LogP) is 2.30. The molecule has 0 bridgehead atoms. The molecule has 0 aliphatic heterocycles. The van der Waals surface area contributed by atoms with Gasteiger partial charge in [-0.05, 0) is 33.6 Å². The van der Waals surface area contributed by atoms with Crippen LogP contribution in [0.4, 0.5) is 0 Å². The molecule has 1 aliphatic carbocycles. The highest BCUT2D eigenvalue weighted by molar-refractivity contribution is 5.80. The highest BCUT2D eigenvalue weighted by Gasteiger charge is 2.36. The minimum atomic E-state index is -0.788. The van der Waals surface area contributed by atoms with Crippen LogP contribution in [0, 0.1) is 0 Å². The largest absolute Gasteiger partial charge is 0.465 e. The average molecular weight is 251 g/mol. The lowest BCUT2D eigenvalue weighted by atomic mass is 9.93. The third-order valence-corrected chi connectivity index (χ3v) is 3.59. The van der Waals surface area contributed by atoms with E-state index in [4.69, 9.17) is 4.74 Å². The number of carbonyl (C=O) groups is 1. The SMILES string of the molecule is CCOC(=O)C(C)(C)c1n[nH]c(C2CCCC2)n1. The van der Waals surface area contributed by atoms with Crippen molar-refractivity contribution in [1.29, 1.82) is 0 Å². The van der Waals surface area contributed by atoms with Crippen LogP contribution < -0.4 is 0 Å². The van der Waals surface area contributed by atoms with Gasteiger partial charge in [0.15, 0.2) is 5.82 Å². The summed E-state index contributed by atoms with van der Waals surface area (Å²) in [4.78, 5) is 16.4. The number of aromatic nitrogens is 3. The number of aromatic amines is 1. The molecule has 0 aromatic carbocycles. The van der Waals surface area contributed by atoms with Crippen LogP contribution >= 0.6 is 0 Å². The lowest BCUT2D eigenvalue weighted by Gasteiger charge is -2.18. The Balaban J connectivity index is 2.15. The summed E-state index contributed by atoms with van der Waals surface area (Å²) < 4.78 is 5.06. The lowest BCUT2D eigenvalue weighted by molar-refractivity contribution is -0.149. The van der Waals surface area contributed by atoms with E-state index in [-0.39, 0.29) is 5.97 Å². The zero-order valence-electron chi connectivity index (χ0n) is 11.3. The molecule has 2 rings (SSSR count). The molecule has 1 N–H and O–H groups in total. The fourth-order valence-corrected chi connectivity index (χ4v) is 2.34. The van der Waals surface area contributed by atoms with Gasteiger partial charge in [0.05, 0.1) is 6.61 Å². The summed E-state index contributed by atoms with van der Waals surface area (Å²) >= 11 is 0. The number of esters is 1. The number of H-pyrrole nitrogens is 1. The number of rotatable bonds is 4. The van der Waals surface area contributed by atoms with Crippen LogP contribution in [0.3, 0.4) is 0 Å². The Morgan fingerprint density at radius 2 is 2.11 bits per heavy atom. The van der Waals surface area contributed by atoms with Gasteiger partial charge in [0.2, 0.25) is 0 Å². The normalized spacial score (nSPS) is 17.1. The van der Waals surface area contributed by atoms with E-state index in [0.29, 0.717) is 18.3 Å². The molecule has 5 heteroatoms. The number of ether oxygens (including phenoxy) is 1. The Morgan fingerprint density at radius 3 is 2.72 bits per heavy atom. The summed E-state index contributed by atoms with van der Waals surface area (Å²) in [6.07, 6.45) is 4.83. The van der Waals surface area contributed by atoms with Crippen molar-refractivity contribution >= 4 is 5.97 Å². The first kappa shape index (κ1) is 13.1. The van der Waals surface area contributed by atoms with Crippen molar-refractivity contribution in [2.45, 2.75) is 57.8 Å². The third-order valence-electron chi connectivity index (χ3n) is 3.59. The zero-order valence-corrected chi connectivity index (χ0v) is 11.3. The first-order valence-corrected chi connectivity index (χ1v) is 6.65. The zero-order chi connectivity index (χ0) is 13.2. The summed E-state index contributed by atoms with van der Waals surface area (Å²) in [5, 5.41) is 7.18. The van der Waals surface area contributed by atoms with Gasteiger partial charge in [-0.3, -0.25) is 9.89 Å². The van der Waals surface area contributed by atoms with Gasteiger partial charge in [-0.1, -0.05) is 12.8 Å². The summed E-state index contributed by atoms with van der Waals surface area (Å²) in [6, 6.07) is 0. The molecule has 100 valence electrons. The Hall–Kier alpha value is -1.39. The van der Waals surface area contributed by atoms with Gasteiger partial charge in [-0.25, -0.2) is 4.98 Å². The fraction of sp³-hybridized carbons (Fsp3) is 0.769. The Bertz CT molecular complexity index is 420. The molecule has 1 heterocycles. The Labute approximate surface area is 107 Å². The van der Waals surface area contributed by atoms with E-state index in [2.05, 4.69) is 15.2 Å². The van der Waals surface area contributed by atoms with Gasteiger partial charge >= 0.3 is 5.97 Å². The predicted molar refractivity (Wildman–Crippen MR) is 67.3 cm³/mol. The second kappa shape index (κ2) is 5.08. The van der Waals surface area contributed by atoms with Crippen LogP contribution in [0.15, 0.2) is 0 Å². The molecular weight excluding hydrogens is 230 g/mol. The van der Waals surface area contributed by atoms with E-state index in [1.165, 1.54) is 12.8 Å². The molecule has 1 aromatic rings. The van der Waals surface area contributed by atoms with Crippen LogP contribution in [0.2, 0.25) is 0 Å². The Morgan fingerprint density at radius 1 is 1.44 bits per heavy atom. The molecule has 18 heavy (non-hydrogen) atoms. The lowest BCUT2D eigenvalue weighted by Crippen LogP contribution is -2.32.